The van der Waals surface area contributed by atoms with Crippen LogP contribution in [0, 0.1) is 6.92 Å². The summed E-state index contributed by atoms with van der Waals surface area (Å²) in [5.41, 5.74) is 3.71. The summed E-state index contributed by atoms with van der Waals surface area (Å²) in [6.07, 6.45) is 0.633. The van der Waals surface area contributed by atoms with E-state index < -0.39 is 10.0 Å². The van der Waals surface area contributed by atoms with Gasteiger partial charge in [0.25, 0.3) is 5.91 Å². The van der Waals surface area contributed by atoms with Crippen LogP contribution in [0.1, 0.15) is 22.5 Å². The summed E-state index contributed by atoms with van der Waals surface area (Å²) in [6, 6.07) is 14.8. The van der Waals surface area contributed by atoms with Crippen molar-refractivity contribution in [1.82, 2.24) is 4.98 Å². The average molecular weight is 414 g/mol. The van der Waals surface area contributed by atoms with Crippen LogP contribution in [0.15, 0.2) is 53.9 Å². The van der Waals surface area contributed by atoms with E-state index in [-0.39, 0.29) is 11.7 Å². The number of hydrogen-bond donors (Lipinski definition) is 1. The van der Waals surface area contributed by atoms with Gasteiger partial charge in [-0.15, -0.1) is 11.3 Å². The highest BCUT2D eigenvalue weighted by molar-refractivity contribution is 7.93. The minimum Gasteiger partial charge on any atom is -0.321 e. The molecule has 1 amide bonds. The summed E-state index contributed by atoms with van der Waals surface area (Å²) in [5.74, 6) is -0.116. The Morgan fingerprint density at radius 1 is 1.11 bits per heavy atom. The molecule has 0 atom stereocenters. The number of amides is 1. The highest BCUT2D eigenvalue weighted by Crippen LogP contribution is 2.27. The summed E-state index contributed by atoms with van der Waals surface area (Å²) in [5, 5.41) is 5.33. The number of nitrogens with one attached hydrogen (secondary N) is 1. The predicted molar refractivity (Wildman–Crippen MR) is 112 cm³/mol. The van der Waals surface area contributed by atoms with E-state index >= 15 is 0 Å². The van der Waals surface area contributed by atoms with Gasteiger partial charge in [0.05, 0.1) is 11.4 Å². The lowest BCUT2D eigenvalue weighted by Crippen LogP contribution is -2.25. The molecule has 28 heavy (non-hydrogen) atoms. The summed E-state index contributed by atoms with van der Waals surface area (Å²) >= 11 is 1.42. The molecule has 6 nitrogen and oxygen atoms in total. The van der Waals surface area contributed by atoms with Gasteiger partial charge in [0.1, 0.15) is 10.7 Å². The molecule has 0 spiro atoms. The zero-order chi connectivity index (χ0) is 19.7. The van der Waals surface area contributed by atoms with E-state index in [9.17, 15) is 13.2 Å². The van der Waals surface area contributed by atoms with E-state index in [2.05, 4.69) is 10.3 Å². The van der Waals surface area contributed by atoms with Gasteiger partial charge >= 0.3 is 0 Å². The minimum absolute atomic E-state index is 0.179. The van der Waals surface area contributed by atoms with Crippen molar-refractivity contribution >= 4 is 38.6 Å². The zero-order valence-electron chi connectivity index (χ0n) is 15.3. The monoisotopic (exact) mass is 413 g/mol. The van der Waals surface area contributed by atoms with Crippen LogP contribution in [0.3, 0.4) is 0 Å². The van der Waals surface area contributed by atoms with Crippen molar-refractivity contribution in [2.45, 2.75) is 13.3 Å². The van der Waals surface area contributed by atoms with Gasteiger partial charge in [0, 0.05) is 23.2 Å². The SMILES string of the molecule is Cc1ccc(-c2nc(C(=O)Nc3ccc(N4CCCS4(=O)=O)cc3)cs2)cc1. The molecule has 0 unspecified atom stereocenters. The van der Waals surface area contributed by atoms with Crippen LogP contribution in [0.4, 0.5) is 11.4 Å². The fourth-order valence-electron chi connectivity index (χ4n) is 3.04. The first-order chi connectivity index (χ1) is 13.4. The van der Waals surface area contributed by atoms with Gasteiger partial charge in [-0.05, 0) is 37.6 Å². The number of aryl methyl sites for hydroxylation is 1. The zero-order valence-corrected chi connectivity index (χ0v) is 16.9. The Bertz CT molecular complexity index is 1100. The molecule has 0 bridgehead atoms. The Morgan fingerprint density at radius 3 is 2.46 bits per heavy atom. The number of anilines is 2. The van der Waals surface area contributed by atoms with Crippen molar-refractivity contribution in [3.8, 4) is 10.6 Å². The predicted octanol–water partition coefficient (Wildman–Crippen LogP) is 3.91. The number of carbonyl (C=O) groups excluding carboxylic acids is 1. The van der Waals surface area contributed by atoms with Crippen LogP contribution < -0.4 is 9.62 Å². The summed E-state index contributed by atoms with van der Waals surface area (Å²) in [7, 11) is -3.21. The van der Waals surface area contributed by atoms with E-state index in [0.29, 0.717) is 30.0 Å². The number of aromatic nitrogens is 1. The summed E-state index contributed by atoms with van der Waals surface area (Å²) in [6.45, 7) is 2.52. The van der Waals surface area contributed by atoms with Crippen LogP contribution in [0.2, 0.25) is 0 Å². The lowest BCUT2D eigenvalue weighted by atomic mass is 10.2. The molecule has 8 heteroatoms. The largest absolute Gasteiger partial charge is 0.321 e. The lowest BCUT2D eigenvalue weighted by Gasteiger charge is -2.17. The fraction of sp³-hybridized carbons (Fsp3) is 0.200. The number of rotatable bonds is 4. The molecule has 1 aromatic heterocycles. The van der Waals surface area contributed by atoms with E-state index in [1.54, 1.807) is 29.6 Å². The van der Waals surface area contributed by atoms with Crippen molar-refractivity contribution < 1.29 is 13.2 Å². The molecule has 2 heterocycles. The number of nitrogens with zero attached hydrogens (tertiary/aromatic N) is 2. The molecule has 0 radical (unpaired) electrons. The van der Waals surface area contributed by atoms with Gasteiger partial charge in [-0.3, -0.25) is 9.10 Å². The number of sulfonamides is 1. The van der Waals surface area contributed by atoms with Gasteiger partial charge < -0.3 is 5.32 Å². The Labute approximate surface area is 167 Å². The topological polar surface area (TPSA) is 79.4 Å². The van der Waals surface area contributed by atoms with Crippen LogP contribution in [-0.4, -0.2) is 31.6 Å². The fourth-order valence-corrected chi connectivity index (χ4v) is 5.41. The van der Waals surface area contributed by atoms with Crippen molar-refractivity contribution in [2.24, 2.45) is 0 Å². The van der Waals surface area contributed by atoms with Crippen molar-refractivity contribution in [2.75, 3.05) is 21.9 Å². The van der Waals surface area contributed by atoms with Crippen molar-refractivity contribution in [3.05, 3.63) is 65.2 Å². The maximum atomic E-state index is 12.5. The average Bonchev–Trinajstić information content (AvgIpc) is 3.30. The third kappa shape index (κ3) is 3.79. The normalized spacial score (nSPS) is 15.5. The second-order valence-corrected chi connectivity index (χ2v) is 9.52. The number of carbonyl (C=O) groups is 1. The molecule has 1 aliphatic rings. The van der Waals surface area contributed by atoms with Crippen molar-refractivity contribution in [3.63, 3.8) is 0 Å². The first-order valence-electron chi connectivity index (χ1n) is 8.87. The molecule has 0 aliphatic carbocycles. The molecule has 2 aromatic carbocycles. The number of benzene rings is 2. The standard InChI is InChI=1S/C20H19N3O3S2/c1-14-3-5-15(6-4-14)20-22-18(13-27-20)19(24)21-16-7-9-17(10-8-16)23-11-2-12-28(23,25)26/h3-10,13H,2,11-12H2,1H3,(H,21,24). The Morgan fingerprint density at radius 2 is 1.82 bits per heavy atom. The van der Waals surface area contributed by atoms with Gasteiger partial charge in [-0.2, -0.15) is 0 Å². The van der Waals surface area contributed by atoms with E-state index in [0.717, 1.165) is 10.6 Å². The van der Waals surface area contributed by atoms with E-state index in [1.165, 1.54) is 21.2 Å². The smallest absolute Gasteiger partial charge is 0.275 e. The number of thiazole rings is 1. The van der Waals surface area contributed by atoms with Crippen LogP contribution >= 0.6 is 11.3 Å². The molecule has 1 aliphatic heterocycles. The molecule has 1 saturated heterocycles. The first kappa shape index (κ1) is 18.6. The lowest BCUT2D eigenvalue weighted by molar-refractivity contribution is 0.102. The van der Waals surface area contributed by atoms with Crippen LogP contribution in [-0.2, 0) is 10.0 Å². The highest BCUT2D eigenvalue weighted by atomic mass is 32.2. The number of hydrogen-bond acceptors (Lipinski definition) is 5. The molecule has 1 fully saturated rings. The van der Waals surface area contributed by atoms with Gasteiger partial charge in [0.2, 0.25) is 10.0 Å². The van der Waals surface area contributed by atoms with Crippen molar-refractivity contribution in [1.29, 1.82) is 0 Å². The maximum absolute atomic E-state index is 12.5. The third-order valence-electron chi connectivity index (χ3n) is 4.55. The molecular weight excluding hydrogens is 394 g/mol. The summed E-state index contributed by atoms with van der Waals surface area (Å²) < 4.78 is 25.4. The molecule has 0 saturated carbocycles. The maximum Gasteiger partial charge on any atom is 0.275 e. The van der Waals surface area contributed by atoms with Crippen LogP contribution in [0.25, 0.3) is 10.6 Å². The molecule has 4 rings (SSSR count). The van der Waals surface area contributed by atoms with E-state index in [4.69, 9.17) is 0 Å². The van der Waals surface area contributed by atoms with E-state index in [1.807, 2.05) is 31.2 Å². The quantitative estimate of drug-likeness (QED) is 0.703. The molecular formula is C20H19N3O3S2. The Hall–Kier alpha value is -2.71. The first-order valence-corrected chi connectivity index (χ1v) is 11.4. The Balaban J connectivity index is 1.46. The molecule has 144 valence electrons. The highest BCUT2D eigenvalue weighted by Gasteiger charge is 2.28. The van der Waals surface area contributed by atoms with Gasteiger partial charge in [0.15, 0.2) is 0 Å². The van der Waals surface area contributed by atoms with Gasteiger partial charge in [-0.1, -0.05) is 29.8 Å². The van der Waals surface area contributed by atoms with Gasteiger partial charge in [-0.25, -0.2) is 13.4 Å². The summed E-state index contributed by atoms with van der Waals surface area (Å²) in [4.78, 5) is 16.9. The third-order valence-corrected chi connectivity index (χ3v) is 7.31. The van der Waals surface area contributed by atoms with Crippen LogP contribution in [0.5, 0.6) is 0 Å². The Kier molecular flexibility index (Phi) is 4.91. The molecule has 3 aromatic rings. The minimum atomic E-state index is -3.21. The molecule has 1 N–H and O–H groups in total. The second kappa shape index (κ2) is 7.37. The second-order valence-electron chi connectivity index (χ2n) is 6.65.